The number of rotatable bonds is 6. The number of carboxylic acid groups (broad SMARTS) is 1. The van der Waals surface area contributed by atoms with Gasteiger partial charge in [-0.1, -0.05) is 6.92 Å². The summed E-state index contributed by atoms with van der Waals surface area (Å²) in [5, 5.41) is 20.3. The molecule has 7 heteroatoms. The molecule has 0 bridgehead atoms. The van der Waals surface area contributed by atoms with Gasteiger partial charge in [0.15, 0.2) is 22.2 Å². The maximum atomic E-state index is 12.1. The van der Waals surface area contributed by atoms with Gasteiger partial charge in [-0.2, -0.15) is 4.73 Å². The molecule has 0 aliphatic carbocycles. The van der Waals surface area contributed by atoms with Crippen LogP contribution in [0.2, 0.25) is 0 Å². The van der Waals surface area contributed by atoms with Crippen LogP contribution in [-0.2, 0) is 21.1 Å². The van der Waals surface area contributed by atoms with Gasteiger partial charge in [0.25, 0.3) is 0 Å². The van der Waals surface area contributed by atoms with Crippen LogP contribution in [0.25, 0.3) is 0 Å². The average molecular weight is 301 g/mol. The van der Waals surface area contributed by atoms with Crippen LogP contribution in [0.1, 0.15) is 26.3 Å². The fourth-order valence-corrected chi connectivity index (χ4v) is 3.40. The van der Waals surface area contributed by atoms with Crippen LogP contribution in [0.5, 0.6) is 0 Å². The summed E-state index contributed by atoms with van der Waals surface area (Å²) in [6.45, 7) is 4.36. The predicted molar refractivity (Wildman–Crippen MR) is 73.8 cm³/mol. The van der Waals surface area contributed by atoms with Crippen LogP contribution < -0.4 is 4.73 Å². The first-order chi connectivity index (χ1) is 9.11. The van der Waals surface area contributed by atoms with Crippen LogP contribution >= 0.6 is 0 Å². The van der Waals surface area contributed by atoms with E-state index in [4.69, 9.17) is 0 Å². The van der Waals surface area contributed by atoms with E-state index in [-0.39, 0.29) is 12.2 Å². The molecule has 112 valence electrons. The molecule has 1 atom stereocenters. The van der Waals surface area contributed by atoms with Crippen molar-refractivity contribution in [2.45, 2.75) is 31.9 Å². The highest BCUT2D eigenvalue weighted by Crippen LogP contribution is 2.30. The molecule has 1 rings (SSSR count). The number of carboxylic acids is 1. The van der Waals surface area contributed by atoms with Crippen molar-refractivity contribution in [1.29, 1.82) is 0 Å². The Morgan fingerprint density at radius 3 is 2.30 bits per heavy atom. The number of sulfone groups is 1. The summed E-state index contributed by atoms with van der Waals surface area (Å²) in [4.78, 5) is 11.4. The second-order valence-corrected chi connectivity index (χ2v) is 8.03. The van der Waals surface area contributed by atoms with Crippen LogP contribution in [-0.4, -0.2) is 30.0 Å². The lowest BCUT2D eigenvalue weighted by Crippen LogP contribution is -2.46. The van der Waals surface area contributed by atoms with Gasteiger partial charge in [-0.15, -0.1) is 0 Å². The molecule has 0 saturated heterocycles. The highest BCUT2D eigenvalue weighted by atomic mass is 32.2. The lowest BCUT2D eigenvalue weighted by Gasteiger charge is -2.30. The van der Waals surface area contributed by atoms with Gasteiger partial charge in [-0.05, 0) is 25.8 Å². The molecule has 0 saturated carbocycles. The summed E-state index contributed by atoms with van der Waals surface area (Å²) in [7, 11) is -3.52. The second kappa shape index (κ2) is 5.78. The van der Waals surface area contributed by atoms with Gasteiger partial charge in [0.05, 0.1) is 10.7 Å². The van der Waals surface area contributed by atoms with Crippen molar-refractivity contribution in [3.05, 3.63) is 35.3 Å². The third-order valence-electron chi connectivity index (χ3n) is 3.63. The molecule has 1 aromatic heterocycles. The molecule has 0 fully saturated rings. The Kier molecular flexibility index (Phi) is 4.75. The Labute approximate surface area is 118 Å². The van der Waals surface area contributed by atoms with E-state index in [2.05, 4.69) is 0 Å². The van der Waals surface area contributed by atoms with Gasteiger partial charge in [0.1, 0.15) is 0 Å². The van der Waals surface area contributed by atoms with E-state index < -0.39 is 26.5 Å². The number of aromatic nitrogens is 1. The zero-order valence-electron chi connectivity index (χ0n) is 11.7. The minimum Gasteiger partial charge on any atom is -0.619 e. The predicted octanol–water partition coefficient (Wildman–Crippen LogP) is 0.777. The van der Waals surface area contributed by atoms with E-state index in [1.165, 1.54) is 45.3 Å². The minimum absolute atomic E-state index is 0.0579. The number of hydrogen-bond acceptors (Lipinski definition) is 4. The molecule has 0 aliphatic heterocycles. The highest BCUT2D eigenvalue weighted by molar-refractivity contribution is 7.92. The fourth-order valence-electron chi connectivity index (χ4n) is 2.03. The van der Waals surface area contributed by atoms with E-state index in [9.17, 15) is 23.5 Å². The number of hydrogen-bond donors (Lipinski definition) is 1. The number of pyridine rings is 1. The summed E-state index contributed by atoms with van der Waals surface area (Å²) >= 11 is 0. The normalized spacial score (nSPS) is 13.9. The molecular weight excluding hydrogens is 282 g/mol. The molecule has 0 radical (unpaired) electrons. The first-order valence-corrected chi connectivity index (χ1v) is 7.90. The zero-order chi connectivity index (χ0) is 15.6. The smallest absolute Gasteiger partial charge is 0.308 e. The standard InChI is InChI=1S/C13H19NO5S/c1-4-20(18,19)13(2,3)11(12(15)16)9-10-5-7-14(17)8-6-10/h5-8,11H,4,9H2,1-3H3,(H,15,16). The Balaban J connectivity index is 3.13. The first kappa shape index (κ1) is 16.4. The first-order valence-electron chi connectivity index (χ1n) is 6.24. The summed E-state index contributed by atoms with van der Waals surface area (Å²) in [6, 6.07) is 3.00. The summed E-state index contributed by atoms with van der Waals surface area (Å²) in [5.41, 5.74) is 0.615. The van der Waals surface area contributed by atoms with Crippen molar-refractivity contribution < 1.29 is 23.0 Å². The topological polar surface area (TPSA) is 98.4 Å². The van der Waals surface area contributed by atoms with Crippen molar-refractivity contribution in [3.8, 4) is 0 Å². The van der Waals surface area contributed by atoms with Crippen LogP contribution in [0, 0.1) is 11.1 Å². The Bertz CT molecular complexity index is 577. The molecule has 20 heavy (non-hydrogen) atoms. The summed E-state index contributed by atoms with van der Waals surface area (Å²) in [6.07, 6.45) is 2.58. The molecule has 0 amide bonds. The van der Waals surface area contributed by atoms with E-state index in [0.717, 1.165) is 0 Å². The number of nitrogens with zero attached hydrogens (tertiary/aromatic N) is 1. The molecule has 0 aliphatic rings. The summed E-state index contributed by atoms with van der Waals surface area (Å²) in [5.74, 6) is -2.35. The molecule has 0 spiro atoms. The van der Waals surface area contributed by atoms with Gasteiger partial charge in [-0.3, -0.25) is 4.79 Å². The average Bonchev–Trinajstić information content (AvgIpc) is 2.37. The molecule has 1 unspecified atom stereocenters. The van der Waals surface area contributed by atoms with E-state index >= 15 is 0 Å². The van der Waals surface area contributed by atoms with Gasteiger partial charge in [0.2, 0.25) is 0 Å². The molecule has 6 nitrogen and oxygen atoms in total. The van der Waals surface area contributed by atoms with Crippen molar-refractivity contribution in [1.82, 2.24) is 0 Å². The van der Waals surface area contributed by atoms with Crippen molar-refractivity contribution in [2.75, 3.05) is 5.75 Å². The molecule has 1 heterocycles. The maximum Gasteiger partial charge on any atom is 0.308 e. The Hall–Kier alpha value is -1.63. The molecular formula is C13H19NO5S. The van der Waals surface area contributed by atoms with Gasteiger partial charge in [0, 0.05) is 17.9 Å². The van der Waals surface area contributed by atoms with E-state index in [0.29, 0.717) is 10.3 Å². The molecule has 1 N–H and O–H groups in total. The maximum absolute atomic E-state index is 12.1. The lowest BCUT2D eigenvalue weighted by atomic mass is 9.89. The van der Waals surface area contributed by atoms with Crippen molar-refractivity contribution >= 4 is 15.8 Å². The fraction of sp³-hybridized carbons (Fsp3) is 0.538. The zero-order valence-corrected chi connectivity index (χ0v) is 12.6. The monoisotopic (exact) mass is 301 g/mol. The minimum atomic E-state index is -3.52. The number of aliphatic carboxylic acids is 1. The third-order valence-corrected chi connectivity index (χ3v) is 6.28. The van der Waals surface area contributed by atoms with E-state index in [1.54, 1.807) is 0 Å². The van der Waals surface area contributed by atoms with Gasteiger partial charge >= 0.3 is 5.97 Å². The van der Waals surface area contributed by atoms with Crippen LogP contribution in [0.3, 0.4) is 0 Å². The van der Waals surface area contributed by atoms with Gasteiger partial charge in [-0.25, -0.2) is 8.42 Å². The summed E-state index contributed by atoms with van der Waals surface area (Å²) < 4.78 is 23.4. The van der Waals surface area contributed by atoms with Crippen molar-refractivity contribution in [3.63, 3.8) is 0 Å². The third kappa shape index (κ3) is 3.27. The second-order valence-electron chi connectivity index (χ2n) is 5.17. The van der Waals surface area contributed by atoms with Gasteiger partial charge < -0.3 is 10.3 Å². The molecule has 0 aromatic carbocycles. The van der Waals surface area contributed by atoms with E-state index in [1.807, 2.05) is 0 Å². The SMILES string of the molecule is CCS(=O)(=O)C(C)(C)C(Cc1cc[n+]([O-])cc1)C(=O)O. The van der Waals surface area contributed by atoms with Crippen LogP contribution in [0.4, 0.5) is 0 Å². The quantitative estimate of drug-likeness (QED) is 0.618. The van der Waals surface area contributed by atoms with Crippen molar-refractivity contribution in [2.24, 2.45) is 5.92 Å². The Morgan fingerprint density at radius 1 is 1.40 bits per heavy atom. The molecule has 1 aromatic rings. The largest absolute Gasteiger partial charge is 0.619 e. The lowest BCUT2D eigenvalue weighted by molar-refractivity contribution is -0.605. The number of carbonyl (C=O) groups is 1. The Morgan fingerprint density at radius 2 is 1.90 bits per heavy atom. The van der Waals surface area contributed by atoms with Crippen LogP contribution in [0.15, 0.2) is 24.5 Å². The highest BCUT2D eigenvalue weighted by Gasteiger charge is 2.44.